The molecule has 0 saturated carbocycles. The molecule has 14 heavy (non-hydrogen) atoms. The fourth-order valence-electron chi connectivity index (χ4n) is 1.09. The molecule has 1 aromatic heterocycles. The van der Waals surface area contributed by atoms with Crippen molar-refractivity contribution in [3.63, 3.8) is 0 Å². The van der Waals surface area contributed by atoms with Crippen molar-refractivity contribution in [1.29, 1.82) is 0 Å². The van der Waals surface area contributed by atoms with Crippen LogP contribution in [0.25, 0.3) is 0 Å². The molecule has 4 heteroatoms. The second-order valence-electron chi connectivity index (χ2n) is 2.94. The first-order valence-electron chi connectivity index (χ1n) is 4.98. The van der Waals surface area contributed by atoms with Gasteiger partial charge in [0, 0.05) is 26.0 Å². The van der Waals surface area contributed by atoms with Gasteiger partial charge in [0.2, 0.25) is 0 Å². The van der Waals surface area contributed by atoms with Crippen LogP contribution < -0.4 is 5.32 Å². The number of hydrogen-bond donors (Lipinski definition) is 1. The van der Waals surface area contributed by atoms with Crippen LogP contribution in [-0.4, -0.2) is 30.0 Å². The summed E-state index contributed by atoms with van der Waals surface area (Å²) in [7, 11) is 0. The number of nitrogens with one attached hydrogen (secondary N) is 1. The topological polar surface area (TPSA) is 47.0 Å². The Labute approximate surface area is 84.7 Å². The van der Waals surface area contributed by atoms with Crippen molar-refractivity contribution in [3.8, 4) is 0 Å². The monoisotopic (exact) mass is 195 g/mol. The van der Waals surface area contributed by atoms with Crippen LogP contribution in [0.3, 0.4) is 0 Å². The molecule has 1 N–H and O–H groups in total. The lowest BCUT2D eigenvalue weighted by molar-refractivity contribution is 0.144. The maximum atomic E-state index is 5.22. The van der Waals surface area contributed by atoms with Gasteiger partial charge >= 0.3 is 0 Å². The number of nitrogens with zero attached hydrogens (tertiary/aromatic N) is 2. The van der Waals surface area contributed by atoms with Gasteiger partial charge in [-0.25, -0.2) is 0 Å². The van der Waals surface area contributed by atoms with E-state index in [1.54, 1.807) is 6.20 Å². The fraction of sp³-hybridized carbons (Fsp3) is 0.600. The quantitative estimate of drug-likeness (QED) is 0.659. The second kappa shape index (κ2) is 7.41. The van der Waals surface area contributed by atoms with E-state index >= 15 is 0 Å². The van der Waals surface area contributed by atoms with Gasteiger partial charge in [0.25, 0.3) is 0 Å². The Hall–Kier alpha value is -1.00. The highest BCUT2D eigenvalue weighted by Crippen LogP contribution is 1.89. The Kier molecular flexibility index (Phi) is 5.86. The largest absolute Gasteiger partial charge is 0.382 e. The van der Waals surface area contributed by atoms with Gasteiger partial charge in [0.05, 0.1) is 5.69 Å². The highest BCUT2D eigenvalue weighted by atomic mass is 16.5. The molecule has 0 aliphatic rings. The summed E-state index contributed by atoms with van der Waals surface area (Å²) in [4.78, 5) is 0. The molecule has 4 nitrogen and oxygen atoms in total. The van der Waals surface area contributed by atoms with Gasteiger partial charge in [-0.3, -0.25) is 0 Å². The Morgan fingerprint density at radius 3 is 3.14 bits per heavy atom. The van der Waals surface area contributed by atoms with Crippen molar-refractivity contribution < 1.29 is 4.74 Å². The van der Waals surface area contributed by atoms with Crippen molar-refractivity contribution in [2.75, 3.05) is 19.8 Å². The number of aromatic nitrogens is 2. The van der Waals surface area contributed by atoms with Crippen LogP contribution in [0.4, 0.5) is 0 Å². The van der Waals surface area contributed by atoms with E-state index in [2.05, 4.69) is 15.5 Å². The first kappa shape index (κ1) is 11.1. The van der Waals surface area contributed by atoms with E-state index in [4.69, 9.17) is 4.74 Å². The molecular weight excluding hydrogens is 178 g/mol. The summed E-state index contributed by atoms with van der Waals surface area (Å²) in [6.07, 6.45) is 2.71. The minimum atomic E-state index is 0.778. The van der Waals surface area contributed by atoms with E-state index in [1.807, 2.05) is 19.1 Å². The third-order valence-corrected chi connectivity index (χ3v) is 1.78. The average molecular weight is 195 g/mol. The fourth-order valence-corrected chi connectivity index (χ4v) is 1.09. The molecule has 0 bridgehead atoms. The lowest BCUT2D eigenvalue weighted by Crippen LogP contribution is -2.17. The van der Waals surface area contributed by atoms with Crippen LogP contribution >= 0.6 is 0 Å². The van der Waals surface area contributed by atoms with Crippen molar-refractivity contribution in [2.24, 2.45) is 0 Å². The molecule has 0 saturated heterocycles. The molecule has 0 spiro atoms. The Balaban J connectivity index is 1.99. The molecule has 0 fully saturated rings. The number of rotatable bonds is 7. The van der Waals surface area contributed by atoms with Gasteiger partial charge in [-0.05, 0) is 32.0 Å². The van der Waals surface area contributed by atoms with Gasteiger partial charge in [-0.2, -0.15) is 10.2 Å². The highest BCUT2D eigenvalue weighted by molar-refractivity contribution is 4.98. The molecule has 1 rings (SSSR count). The van der Waals surface area contributed by atoms with Crippen molar-refractivity contribution in [2.45, 2.75) is 19.9 Å². The van der Waals surface area contributed by atoms with Gasteiger partial charge in [-0.1, -0.05) is 0 Å². The van der Waals surface area contributed by atoms with Crippen LogP contribution in [0.15, 0.2) is 18.3 Å². The first-order chi connectivity index (χ1) is 6.93. The van der Waals surface area contributed by atoms with Gasteiger partial charge < -0.3 is 10.1 Å². The molecule has 0 radical (unpaired) electrons. The predicted molar refractivity (Wildman–Crippen MR) is 54.8 cm³/mol. The van der Waals surface area contributed by atoms with E-state index in [9.17, 15) is 0 Å². The molecule has 0 unspecified atom stereocenters. The Bertz CT molecular complexity index is 228. The first-order valence-corrected chi connectivity index (χ1v) is 4.98. The third kappa shape index (κ3) is 4.89. The SMILES string of the molecule is CCOCCCNCc1cccnn1. The van der Waals surface area contributed by atoms with E-state index in [0.29, 0.717) is 0 Å². The summed E-state index contributed by atoms with van der Waals surface area (Å²) in [6, 6.07) is 3.85. The van der Waals surface area contributed by atoms with Gasteiger partial charge in [-0.15, -0.1) is 0 Å². The summed E-state index contributed by atoms with van der Waals surface area (Å²) >= 11 is 0. The smallest absolute Gasteiger partial charge is 0.0768 e. The summed E-state index contributed by atoms with van der Waals surface area (Å²) in [5.74, 6) is 0. The standard InChI is InChI=1S/C10H17N3O/c1-2-14-8-4-6-11-9-10-5-3-7-12-13-10/h3,5,7,11H,2,4,6,8-9H2,1H3. The van der Waals surface area contributed by atoms with E-state index in [0.717, 1.165) is 38.4 Å². The zero-order valence-electron chi connectivity index (χ0n) is 8.57. The third-order valence-electron chi connectivity index (χ3n) is 1.78. The van der Waals surface area contributed by atoms with Crippen LogP contribution in [0.1, 0.15) is 19.0 Å². The van der Waals surface area contributed by atoms with Crippen LogP contribution in [0.5, 0.6) is 0 Å². The molecule has 0 aliphatic heterocycles. The van der Waals surface area contributed by atoms with Gasteiger partial charge in [0.1, 0.15) is 0 Å². The van der Waals surface area contributed by atoms with Crippen LogP contribution in [0.2, 0.25) is 0 Å². The summed E-state index contributed by atoms with van der Waals surface area (Å²) < 4.78 is 5.22. The summed E-state index contributed by atoms with van der Waals surface area (Å²) in [5, 5.41) is 11.0. The minimum absolute atomic E-state index is 0.778. The Morgan fingerprint density at radius 1 is 1.50 bits per heavy atom. The summed E-state index contributed by atoms with van der Waals surface area (Å²) in [5.41, 5.74) is 0.976. The lowest BCUT2D eigenvalue weighted by Gasteiger charge is -2.03. The molecular formula is C10H17N3O. The van der Waals surface area contributed by atoms with E-state index < -0.39 is 0 Å². The van der Waals surface area contributed by atoms with Gasteiger partial charge in [0.15, 0.2) is 0 Å². The molecule has 78 valence electrons. The number of ether oxygens (including phenoxy) is 1. The average Bonchev–Trinajstić information content (AvgIpc) is 2.25. The minimum Gasteiger partial charge on any atom is -0.382 e. The second-order valence-corrected chi connectivity index (χ2v) is 2.94. The molecule has 0 aliphatic carbocycles. The zero-order valence-corrected chi connectivity index (χ0v) is 8.57. The maximum absolute atomic E-state index is 5.22. The van der Waals surface area contributed by atoms with Crippen molar-refractivity contribution in [1.82, 2.24) is 15.5 Å². The van der Waals surface area contributed by atoms with Crippen molar-refractivity contribution >= 4 is 0 Å². The zero-order chi connectivity index (χ0) is 10.1. The molecule has 1 heterocycles. The number of hydrogen-bond acceptors (Lipinski definition) is 4. The predicted octanol–water partition coefficient (Wildman–Crippen LogP) is 0.993. The molecule has 1 aromatic rings. The van der Waals surface area contributed by atoms with E-state index in [-0.39, 0.29) is 0 Å². The highest BCUT2D eigenvalue weighted by Gasteiger charge is 1.92. The van der Waals surface area contributed by atoms with Crippen molar-refractivity contribution in [3.05, 3.63) is 24.0 Å². The summed E-state index contributed by atoms with van der Waals surface area (Å²) in [6.45, 7) is 5.36. The molecule has 0 amide bonds. The normalized spacial score (nSPS) is 10.4. The lowest BCUT2D eigenvalue weighted by atomic mass is 10.3. The van der Waals surface area contributed by atoms with Crippen LogP contribution in [-0.2, 0) is 11.3 Å². The molecule has 0 atom stereocenters. The Morgan fingerprint density at radius 2 is 2.43 bits per heavy atom. The van der Waals surface area contributed by atoms with Crippen LogP contribution in [0, 0.1) is 0 Å². The van der Waals surface area contributed by atoms with E-state index in [1.165, 1.54) is 0 Å². The molecule has 0 aromatic carbocycles. The maximum Gasteiger partial charge on any atom is 0.0768 e.